The van der Waals surface area contributed by atoms with E-state index >= 15 is 0 Å². The van der Waals surface area contributed by atoms with Crippen molar-refractivity contribution in [3.63, 3.8) is 0 Å². The summed E-state index contributed by atoms with van der Waals surface area (Å²) < 4.78 is 0. The maximum atomic E-state index is 4.47. The van der Waals surface area contributed by atoms with Crippen molar-refractivity contribution in [2.45, 2.75) is 13.8 Å². The molecule has 0 fully saturated rings. The van der Waals surface area contributed by atoms with E-state index in [4.69, 9.17) is 0 Å². The molecule has 1 aromatic carbocycles. The molecule has 2 N–H and O–H groups in total. The Morgan fingerprint density at radius 3 is 2.72 bits per heavy atom. The Kier molecular flexibility index (Phi) is 2.48. The zero-order chi connectivity index (χ0) is 12.5. The van der Waals surface area contributed by atoms with Gasteiger partial charge in [0.1, 0.15) is 17.3 Å². The summed E-state index contributed by atoms with van der Waals surface area (Å²) in [5, 5.41) is 4.37. The topological polar surface area (TPSA) is 53.6 Å². The van der Waals surface area contributed by atoms with Crippen molar-refractivity contribution in [2.75, 3.05) is 5.32 Å². The van der Waals surface area contributed by atoms with Crippen LogP contribution in [0.4, 0.5) is 11.5 Å². The summed E-state index contributed by atoms with van der Waals surface area (Å²) >= 11 is 0. The van der Waals surface area contributed by atoms with E-state index in [0.29, 0.717) is 0 Å². The molecule has 0 unspecified atom stereocenters. The lowest BCUT2D eigenvalue weighted by Gasteiger charge is -2.09. The quantitative estimate of drug-likeness (QED) is 0.720. The van der Waals surface area contributed by atoms with Gasteiger partial charge in [-0.05, 0) is 31.5 Å². The summed E-state index contributed by atoms with van der Waals surface area (Å²) in [6.07, 6.45) is 1.88. The minimum absolute atomic E-state index is 0.751. The normalized spacial score (nSPS) is 10.8. The van der Waals surface area contributed by atoms with Gasteiger partial charge in [-0.2, -0.15) is 0 Å². The number of para-hydroxylation sites is 1. The third kappa shape index (κ3) is 1.82. The Morgan fingerprint density at radius 2 is 1.89 bits per heavy atom. The van der Waals surface area contributed by atoms with Crippen molar-refractivity contribution in [1.29, 1.82) is 0 Å². The summed E-state index contributed by atoms with van der Waals surface area (Å²) in [6, 6.07) is 10.1. The zero-order valence-corrected chi connectivity index (χ0v) is 10.4. The van der Waals surface area contributed by atoms with Crippen LogP contribution < -0.4 is 5.32 Å². The van der Waals surface area contributed by atoms with Crippen LogP contribution in [-0.4, -0.2) is 15.0 Å². The average Bonchev–Trinajstić information content (AvgIpc) is 2.80. The molecule has 0 saturated heterocycles. The predicted octanol–water partition coefficient (Wildman–Crippen LogP) is 3.32. The van der Waals surface area contributed by atoms with Gasteiger partial charge in [-0.3, -0.25) is 0 Å². The number of aryl methyl sites for hydroxylation is 2. The second-order valence-electron chi connectivity index (χ2n) is 4.30. The smallest absolute Gasteiger partial charge is 0.143 e. The average molecular weight is 238 g/mol. The Bertz CT molecular complexity index is 700. The fourth-order valence-electron chi connectivity index (χ4n) is 1.99. The molecule has 0 saturated carbocycles. The van der Waals surface area contributed by atoms with Crippen LogP contribution in [0.15, 0.2) is 36.5 Å². The molecule has 2 aromatic heterocycles. The van der Waals surface area contributed by atoms with Gasteiger partial charge >= 0.3 is 0 Å². The molecular weight excluding hydrogens is 224 g/mol. The van der Waals surface area contributed by atoms with Crippen molar-refractivity contribution >= 4 is 22.5 Å². The summed E-state index contributed by atoms with van der Waals surface area (Å²) in [5.41, 5.74) is 3.12. The first-order valence-electron chi connectivity index (χ1n) is 5.88. The lowest BCUT2D eigenvalue weighted by Crippen LogP contribution is -1.99. The second-order valence-corrected chi connectivity index (χ2v) is 4.30. The van der Waals surface area contributed by atoms with Gasteiger partial charge in [0.2, 0.25) is 0 Å². The van der Waals surface area contributed by atoms with Crippen LogP contribution >= 0.6 is 0 Å². The number of rotatable bonds is 2. The Balaban J connectivity index is 2.10. The molecule has 2 heterocycles. The van der Waals surface area contributed by atoms with Crippen LogP contribution in [0.5, 0.6) is 0 Å². The lowest BCUT2D eigenvalue weighted by atomic mass is 10.2. The van der Waals surface area contributed by atoms with Gasteiger partial charge in [-0.25, -0.2) is 9.97 Å². The van der Waals surface area contributed by atoms with Crippen molar-refractivity contribution in [3.8, 4) is 0 Å². The molecule has 0 aliphatic rings. The van der Waals surface area contributed by atoms with Gasteiger partial charge in [0.05, 0.1) is 5.39 Å². The van der Waals surface area contributed by atoms with E-state index in [9.17, 15) is 0 Å². The van der Waals surface area contributed by atoms with E-state index in [1.54, 1.807) is 0 Å². The Morgan fingerprint density at radius 1 is 1.06 bits per heavy atom. The largest absolute Gasteiger partial charge is 0.346 e. The molecule has 0 bridgehead atoms. The fraction of sp³-hybridized carbons (Fsp3) is 0.143. The number of hydrogen-bond donors (Lipinski definition) is 2. The number of nitrogens with zero attached hydrogens (tertiary/aromatic N) is 2. The Hall–Kier alpha value is -2.36. The first-order valence-corrected chi connectivity index (χ1v) is 5.88. The van der Waals surface area contributed by atoms with Crippen molar-refractivity contribution in [1.82, 2.24) is 15.0 Å². The van der Waals surface area contributed by atoms with Crippen LogP contribution in [0.3, 0.4) is 0 Å². The van der Waals surface area contributed by atoms with Gasteiger partial charge in [0, 0.05) is 11.9 Å². The van der Waals surface area contributed by atoms with E-state index in [1.807, 2.05) is 37.4 Å². The highest BCUT2D eigenvalue weighted by atomic mass is 15.1. The second kappa shape index (κ2) is 4.14. The number of nitrogens with one attached hydrogen (secondary N) is 2. The van der Waals surface area contributed by atoms with Gasteiger partial charge < -0.3 is 10.3 Å². The summed E-state index contributed by atoms with van der Waals surface area (Å²) in [6.45, 7) is 3.97. The molecule has 3 aromatic rings. The number of aromatic amines is 1. The predicted molar refractivity (Wildman–Crippen MR) is 73.1 cm³/mol. The third-order valence-corrected chi connectivity index (χ3v) is 2.93. The summed E-state index contributed by atoms with van der Waals surface area (Å²) in [7, 11) is 0. The SMILES string of the molecule is Cc1nc(Nc2ccccc2C)c2cc[nH]c2n1. The molecule has 3 rings (SSSR count). The van der Waals surface area contributed by atoms with Crippen LogP contribution in [0.2, 0.25) is 0 Å². The fourth-order valence-corrected chi connectivity index (χ4v) is 1.99. The standard InChI is InChI=1S/C14H14N4/c1-9-5-3-4-6-12(9)18-14-11-7-8-15-13(11)16-10(2)17-14/h3-8H,1-2H3,(H2,15,16,17,18). The third-order valence-electron chi connectivity index (χ3n) is 2.93. The van der Waals surface area contributed by atoms with Gasteiger partial charge in [0.15, 0.2) is 0 Å². The number of anilines is 2. The molecule has 0 amide bonds. The minimum atomic E-state index is 0.751. The Labute approximate surface area is 105 Å². The van der Waals surface area contributed by atoms with Crippen molar-refractivity contribution in [3.05, 3.63) is 47.9 Å². The number of aromatic nitrogens is 3. The van der Waals surface area contributed by atoms with Crippen molar-refractivity contribution < 1.29 is 0 Å². The van der Waals surface area contributed by atoms with E-state index < -0.39 is 0 Å². The van der Waals surface area contributed by atoms with Gasteiger partial charge in [-0.15, -0.1) is 0 Å². The zero-order valence-electron chi connectivity index (χ0n) is 10.4. The first-order chi connectivity index (χ1) is 8.74. The van der Waals surface area contributed by atoms with Gasteiger partial charge in [-0.1, -0.05) is 18.2 Å². The molecule has 18 heavy (non-hydrogen) atoms. The lowest BCUT2D eigenvalue weighted by molar-refractivity contribution is 1.08. The maximum absolute atomic E-state index is 4.47. The molecule has 4 heteroatoms. The minimum Gasteiger partial charge on any atom is -0.346 e. The van der Waals surface area contributed by atoms with E-state index in [-0.39, 0.29) is 0 Å². The molecular formula is C14H14N4. The number of hydrogen-bond acceptors (Lipinski definition) is 3. The summed E-state index contributed by atoms with van der Waals surface area (Å²) in [5.74, 6) is 1.59. The highest BCUT2D eigenvalue weighted by molar-refractivity contribution is 5.89. The van der Waals surface area contributed by atoms with Crippen LogP contribution in [-0.2, 0) is 0 Å². The highest BCUT2D eigenvalue weighted by Gasteiger charge is 2.07. The van der Waals surface area contributed by atoms with Crippen LogP contribution in [0.1, 0.15) is 11.4 Å². The summed E-state index contributed by atoms with van der Waals surface area (Å²) in [4.78, 5) is 11.9. The number of benzene rings is 1. The number of H-pyrrole nitrogens is 1. The molecule has 0 radical (unpaired) electrons. The molecule has 0 atom stereocenters. The van der Waals surface area contributed by atoms with E-state index in [2.05, 4.69) is 33.3 Å². The van der Waals surface area contributed by atoms with Gasteiger partial charge in [0.25, 0.3) is 0 Å². The first kappa shape index (κ1) is 10.8. The molecule has 4 nitrogen and oxygen atoms in total. The molecule has 0 spiro atoms. The number of fused-ring (bicyclic) bond motifs is 1. The van der Waals surface area contributed by atoms with E-state index in [1.165, 1.54) is 5.56 Å². The highest BCUT2D eigenvalue weighted by Crippen LogP contribution is 2.24. The maximum Gasteiger partial charge on any atom is 0.143 e. The molecule has 90 valence electrons. The van der Waals surface area contributed by atoms with E-state index in [0.717, 1.165) is 28.4 Å². The molecule has 0 aliphatic heterocycles. The molecule has 0 aliphatic carbocycles. The van der Waals surface area contributed by atoms with Crippen LogP contribution in [0, 0.1) is 13.8 Å². The monoisotopic (exact) mass is 238 g/mol. The van der Waals surface area contributed by atoms with Crippen LogP contribution in [0.25, 0.3) is 11.0 Å². The van der Waals surface area contributed by atoms with Crippen molar-refractivity contribution in [2.24, 2.45) is 0 Å².